The number of rotatable bonds is 3. The first-order valence-corrected chi connectivity index (χ1v) is 4.18. The summed E-state index contributed by atoms with van der Waals surface area (Å²) < 4.78 is 4.91. The molecule has 0 fully saturated rings. The molecule has 1 rings (SSSR count). The third-order valence-electron chi connectivity index (χ3n) is 1.45. The summed E-state index contributed by atoms with van der Waals surface area (Å²) in [5.41, 5.74) is 8.25. The van der Waals surface area contributed by atoms with Crippen molar-refractivity contribution in [3.05, 3.63) is 28.8 Å². The van der Waals surface area contributed by atoms with E-state index in [1.165, 1.54) is 5.55 Å². The van der Waals surface area contributed by atoms with Gasteiger partial charge in [0.2, 0.25) is 0 Å². The molecule has 4 heteroatoms. The Morgan fingerprint density at radius 1 is 1.58 bits per heavy atom. The van der Waals surface area contributed by atoms with Gasteiger partial charge in [-0.2, -0.15) is 0 Å². The number of hydrogen-bond acceptors (Lipinski definition) is 3. The van der Waals surface area contributed by atoms with Crippen molar-refractivity contribution < 1.29 is 4.74 Å². The summed E-state index contributed by atoms with van der Waals surface area (Å²) in [4.78, 5) is 0. The quantitative estimate of drug-likeness (QED) is 0.603. The van der Waals surface area contributed by atoms with Gasteiger partial charge in [0.25, 0.3) is 0 Å². The average molecular weight is 202 g/mol. The summed E-state index contributed by atoms with van der Waals surface area (Å²) in [7, 11) is 0. The van der Waals surface area contributed by atoms with E-state index in [1.807, 2.05) is 0 Å². The fraction of sp³-hybridized carbons (Fsp3) is 0.125. The number of thiocarbonyl (C=S) groups is 1. The summed E-state index contributed by atoms with van der Waals surface area (Å²) in [5, 5.41) is 0.604. The smallest absolute Gasteiger partial charge is 0.146 e. The Bertz CT molecular complexity index is 270. The van der Waals surface area contributed by atoms with Crippen LogP contribution in [0.1, 0.15) is 5.56 Å². The maximum Gasteiger partial charge on any atom is 0.146 e. The lowest BCUT2D eigenvalue weighted by Gasteiger charge is -2.05. The van der Waals surface area contributed by atoms with E-state index >= 15 is 0 Å². The van der Waals surface area contributed by atoms with Gasteiger partial charge in [0.05, 0.1) is 0 Å². The Kier molecular flexibility index (Phi) is 3.31. The molecular formula is C8H8ClNOS. The monoisotopic (exact) mass is 201 g/mol. The summed E-state index contributed by atoms with van der Waals surface area (Å²) in [6, 6.07) is 5.33. The fourth-order valence-corrected chi connectivity index (χ4v) is 1.15. The molecule has 1 aromatic carbocycles. The van der Waals surface area contributed by atoms with Gasteiger partial charge in [0, 0.05) is 16.3 Å². The lowest BCUT2D eigenvalue weighted by Crippen LogP contribution is -1.97. The van der Waals surface area contributed by atoms with Gasteiger partial charge in [-0.1, -0.05) is 17.7 Å². The molecule has 0 radical (unpaired) electrons. The first-order valence-electron chi connectivity index (χ1n) is 3.34. The van der Waals surface area contributed by atoms with E-state index in [0.717, 1.165) is 5.56 Å². The third kappa shape index (κ3) is 2.09. The number of anilines is 1. The van der Waals surface area contributed by atoms with Crippen LogP contribution in [0, 0.1) is 0 Å². The molecule has 1 aromatic rings. The molecule has 0 aliphatic rings. The van der Waals surface area contributed by atoms with Crippen LogP contribution >= 0.6 is 23.8 Å². The standard InChI is InChI=1S/C8H8ClNOS/c9-7-2-1-3-8(10)6(7)4-11-5-12/h1-3,5H,4,10H2. The van der Waals surface area contributed by atoms with Crippen molar-refractivity contribution in [2.24, 2.45) is 0 Å². The Balaban J connectivity index is 2.88. The number of nitrogens with two attached hydrogens (primary N) is 1. The maximum atomic E-state index is 5.86. The van der Waals surface area contributed by atoms with Crippen molar-refractivity contribution in [3.8, 4) is 0 Å². The minimum absolute atomic E-state index is 0.328. The van der Waals surface area contributed by atoms with Crippen LogP contribution in [0.25, 0.3) is 0 Å². The molecule has 0 unspecified atom stereocenters. The zero-order valence-corrected chi connectivity index (χ0v) is 7.86. The van der Waals surface area contributed by atoms with Crippen molar-refractivity contribution in [2.75, 3.05) is 5.73 Å². The molecule has 2 N–H and O–H groups in total. The minimum atomic E-state index is 0.328. The van der Waals surface area contributed by atoms with Gasteiger partial charge in [0.1, 0.15) is 12.2 Å². The Labute approximate surface area is 81.3 Å². The molecule has 0 bridgehead atoms. The predicted molar refractivity (Wildman–Crippen MR) is 54.3 cm³/mol. The Hall–Kier alpha value is -0.800. The van der Waals surface area contributed by atoms with E-state index in [9.17, 15) is 0 Å². The Morgan fingerprint density at radius 3 is 2.92 bits per heavy atom. The SMILES string of the molecule is Nc1cccc(Cl)c1COC=S. The maximum absolute atomic E-state index is 5.86. The van der Waals surface area contributed by atoms with Crippen molar-refractivity contribution in [2.45, 2.75) is 6.61 Å². The van der Waals surface area contributed by atoms with Gasteiger partial charge in [-0.15, -0.1) is 0 Å². The van der Waals surface area contributed by atoms with Crippen LogP contribution < -0.4 is 5.73 Å². The molecule has 12 heavy (non-hydrogen) atoms. The van der Waals surface area contributed by atoms with Crippen molar-refractivity contribution in [1.29, 1.82) is 0 Å². The molecular weight excluding hydrogens is 194 g/mol. The number of ether oxygens (including phenoxy) is 1. The predicted octanol–water partition coefficient (Wildman–Crippen LogP) is 2.40. The number of hydrogen-bond donors (Lipinski definition) is 1. The molecule has 0 saturated heterocycles. The van der Waals surface area contributed by atoms with E-state index in [0.29, 0.717) is 17.3 Å². The van der Waals surface area contributed by atoms with Crippen molar-refractivity contribution >= 4 is 35.1 Å². The van der Waals surface area contributed by atoms with Crippen LogP contribution in [-0.2, 0) is 11.3 Å². The van der Waals surface area contributed by atoms with Crippen molar-refractivity contribution in [1.82, 2.24) is 0 Å². The highest BCUT2D eigenvalue weighted by Gasteiger charge is 2.03. The largest absolute Gasteiger partial charge is 0.485 e. The van der Waals surface area contributed by atoms with E-state index in [4.69, 9.17) is 22.1 Å². The van der Waals surface area contributed by atoms with Gasteiger partial charge < -0.3 is 10.5 Å². The first kappa shape index (κ1) is 9.29. The minimum Gasteiger partial charge on any atom is -0.485 e. The number of halogens is 1. The highest BCUT2D eigenvalue weighted by atomic mass is 35.5. The third-order valence-corrected chi connectivity index (χ3v) is 1.94. The molecule has 0 amide bonds. The second-order valence-electron chi connectivity index (χ2n) is 2.21. The van der Waals surface area contributed by atoms with Gasteiger partial charge in [0.15, 0.2) is 0 Å². The summed E-state index contributed by atoms with van der Waals surface area (Å²) >= 11 is 10.4. The Morgan fingerprint density at radius 2 is 2.33 bits per heavy atom. The zero-order chi connectivity index (χ0) is 8.97. The second kappa shape index (κ2) is 4.28. The van der Waals surface area contributed by atoms with Crippen molar-refractivity contribution in [3.63, 3.8) is 0 Å². The van der Waals surface area contributed by atoms with Crippen LogP contribution in [0.5, 0.6) is 0 Å². The molecule has 2 nitrogen and oxygen atoms in total. The number of benzene rings is 1. The van der Waals surface area contributed by atoms with Crippen LogP contribution in [0.2, 0.25) is 5.02 Å². The van der Waals surface area contributed by atoms with E-state index in [2.05, 4.69) is 12.2 Å². The summed E-state index contributed by atoms with van der Waals surface area (Å²) in [5.74, 6) is 0. The van der Waals surface area contributed by atoms with Crippen LogP contribution in [0.3, 0.4) is 0 Å². The van der Waals surface area contributed by atoms with E-state index < -0.39 is 0 Å². The van der Waals surface area contributed by atoms with Gasteiger partial charge in [-0.25, -0.2) is 0 Å². The normalized spacial score (nSPS) is 9.42. The fourth-order valence-electron chi connectivity index (χ4n) is 0.845. The first-order chi connectivity index (χ1) is 5.75. The molecule has 64 valence electrons. The summed E-state index contributed by atoms with van der Waals surface area (Å²) in [6.07, 6.45) is 0. The number of nitrogen functional groups attached to an aromatic ring is 1. The zero-order valence-electron chi connectivity index (χ0n) is 6.29. The highest BCUT2D eigenvalue weighted by Crippen LogP contribution is 2.22. The molecule has 0 saturated carbocycles. The van der Waals surface area contributed by atoms with Gasteiger partial charge in [-0.3, -0.25) is 0 Å². The molecule has 0 aliphatic heterocycles. The van der Waals surface area contributed by atoms with Crippen LogP contribution in [-0.4, -0.2) is 5.55 Å². The average Bonchev–Trinajstić information content (AvgIpc) is 2.04. The second-order valence-corrected chi connectivity index (χ2v) is 2.81. The lowest BCUT2D eigenvalue weighted by atomic mass is 10.2. The highest BCUT2D eigenvalue weighted by molar-refractivity contribution is 7.78. The molecule has 0 aromatic heterocycles. The van der Waals surface area contributed by atoms with E-state index in [1.54, 1.807) is 18.2 Å². The van der Waals surface area contributed by atoms with Crippen LogP contribution in [0.4, 0.5) is 5.69 Å². The lowest BCUT2D eigenvalue weighted by molar-refractivity contribution is 0.316. The topological polar surface area (TPSA) is 35.2 Å². The molecule has 0 atom stereocenters. The summed E-state index contributed by atoms with van der Waals surface area (Å²) in [6.45, 7) is 0.328. The van der Waals surface area contributed by atoms with Gasteiger partial charge >= 0.3 is 0 Å². The van der Waals surface area contributed by atoms with Crippen LogP contribution in [0.15, 0.2) is 18.2 Å². The van der Waals surface area contributed by atoms with E-state index in [-0.39, 0.29) is 0 Å². The molecule has 0 aliphatic carbocycles. The molecule has 0 heterocycles. The molecule has 0 spiro atoms. The van der Waals surface area contributed by atoms with Gasteiger partial charge in [-0.05, 0) is 24.4 Å².